The molecule has 3 aliphatic rings. The molecule has 0 aromatic carbocycles. The molecule has 0 spiro atoms. The second-order valence-corrected chi connectivity index (χ2v) is 8.32. The topological polar surface area (TPSA) is 248 Å². The molecular weight excluding hydrogens is 456 g/mol. The molecule has 33 heavy (non-hydrogen) atoms. The van der Waals surface area contributed by atoms with E-state index in [0.29, 0.717) is 0 Å². The van der Waals surface area contributed by atoms with Gasteiger partial charge in [0.25, 0.3) is 0 Å². The van der Waals surface area contributed by atoms with E-state index in [2.05, 4.69) is 0 Å². The van der Waals surface area contributed by atoms with E-state index in [9.17, 15) is 51.1 Å². The van der Waals surface area contributed by atoms with Gasteiger partial charge in [0, 0.05) is 0 Å². The van der Waals surface area contributed by atoms with Gasteiger partial charge in [0.2, 0.25) is 0 Å². The molecule has 3 heterocycles. The molecule has 3 fully saturated rings. The zero-order valence-electron chi connectivity index (χ0n) is 17.6. The molecule has 15 atom stereocenters. The van der Waals surface area contributed by atoms with Crippen LogP contribution in [-0.4, -0.2) is 156 Å². The number of hydrogen-bond donors (Lipinski definition) is 10. The lowest BCUT2D eigenvalue weighted by molar-refractivity contribution is -0.376. The lowest BCUT2D eigenvalue weighted by Crippen LogP contribution is -2.66. The predicted octanol–water partition coefficient (Wildman–Crippen LogP) is -6.55. The van der Waals surface area contributed by atoms with Crippen molar-refractivity contribution in [3.05, 3.63) is 0 Å². The minimum atomic E-state index is -1.86. The fraction of sp³-hybridized carbons (Fsp3) is 1.00. The Kier molecular flexibility index (Phi) is 8.99. The summed E-state index contributed by atoms with van der Waals surface area (Å²) < 4.78 is 26.6. The summed E-state index contributed by atoms with van der Waals surface area (Å²) in [5, 5.41) is 99.7. The van der Waals surface area contributed by atoms with Crippen LogP contribution in [0.3, 0.4) is 0 Å². The van der Waals surface area contributed by atoms with Gasteiger partial charge in [-0.2, -0.15) is 0 Å². The van der Waals surface area contributed by atoms with Crippen LogP contribution in [0.15, 0.2) is 0 Å². The van der Waals surface area contributed by atoms with Crippen molar-refractivity contribution in [3.63, 3.8) is 0 Å². The Balaban J connectivity index is 1.71. The zero-order chi connectivity index (χ0) is 24.6. The maximum Gasteiger partial charge on any atom is 0.187 e. The third-order valence-corrected chi connectivity index (χ3v) is 6.05. The molecule has 3 aliphatic heterocycles. The fourth-order valence-electron chi connectivity index (χ4n) is 4.00. The highest BCUT2D eigenvalue weighted by molar-refractivity contribution is 4.95. The highest BCUT2D eigenvalue weighted by atomic mass is 16.7. The van der Waals surface area contributed by atoms with E-state index >= 15 is 0 Å². The van der Waals surface area contributed by atoms with Crippen molar-refractivity contribution >= 4 is 0 Å². The van der Waals surface area contributed by atoms with Crippen LogP contribution in [0, 0.1) is 0 Å². The molecule has 15 nitrogen and oxygen atoms in total. The van der Waals surface area contributed by atoms with E-state index in [0.717, 1.165) is 0 Å². The third kappa shape index (κ3) is 5.32. The summed E-state index contributed by atoms with van der Waals surface area (Å²) in [7, 11) is 0. The van der Waals surface area contributed by atoms with Crippen LogP contribution in [0.1, 0.15) is 6.92 Å². The normalized spacial score (nSPS) is 53.7. The Morgan fingerprint density at radius 2 is 1.00 bits per heavy atom. The van der Waals surface area contributed by atoms with E-state index < -0.39 is 105 Å². The van der Waals surface area contributed by atoms with E-state index in [1.54, 1.807) is 0 Å². The molecule has 0 bridgehead atoms. The lowest BCUT2D eigenvalue weighted by atomic mass is 9.96. The minimum absolute atomic E-state index is 0.741. The number of hydrogen-bond acceptors (Lipinski definition) is 15. The van der Waals surface area contributed by atoms with Gasteiger partial charge in [-0.15, -0.1) is 0 Å². The van der Waals surface area contributed by atoms with Crippen LogP contribution in [-0.2, 0) is 23.7 Å². The Bertz CT molecular complexity index is 622. The number of rotatable bonds is 6. The Morgan fingerprint density at radius 3 is 1.55 bits per heavy atom. The van der Waals surface area contributed by atoms with Gasteiger partial charge in [-0.1, -0.05) is 0 Å². The van der Waals surface area contributed by atoms with E-state index in [1.165, 1.54) is 6.92 Å². The number of ether oxygens (including phenoxy) is 5. The summed E-state index contributed by atoms with van der Waals surface area (Å²) in [4.78, 5) is 0. The van der Waals surface area contributed by atoms with Gasteiger partial charge in [0.05, 0.1) is 19.3 Å². The second-order valence-electron chi connectivity index (χ2n) is 8.32. The largest absolute Gasteiger partial charge is 0.394 e. The van der Waals surface area contributed by atoms with E-state index in [-0.39, 0.29) is 0 Å². The summed E-state index contributed by atoms with van der Waals surface area (Å²) in [6.45, 7) is -0.103. The van der Waals surface area contributed by atoms with Crippen molar-refractivity contribution in [2.75, 3.05) is 13.2 Å². The number of aliphatic hydroxyl groups is 10. The van der Waals surface area contributed by atoms with Crippen LogP contribution in [0.5, 0.6) is 0 Å². The standard InChI is InChI=1S/C18H32O15/c1-4-7(21)8(22)12(26)17(29-4)32-15-6(3-20)31-18(13(27)10(15)24)33-14-5(2-19)30-16(28)11(25)9(14)23/h4-28H,2-3H2,1H3/t4-,5+,6+,7-,8+,9+,10+,11+,12+,13+,14-,15+,16+,17+,18-/m0/s1. The molecule has 3 rings (SSSR count). The smallest absolute Gasteiger partial charge is 0.187 e. The van der Waals surface area contributed by atoms with Gasteiger partial charge in [-0.05, 0) is 6.92 Å². The molecule has 0 aromatic rings. The van der Waals surface area contributed by atoms with E-state index in [4.69, 9.17) is 23.7 Å². The molecule has 0 amide bonds. The quantitative estimate of drug-likeness (QED) is 0.167. The molecular formula is C18H32O15. The van der Waals surface area contributed by atoms with Crippen molar-refractivity contribution in [3.8, 4) is 0 Å². The lowest BCUT2D eigenvalue weighted by Gasteiger charge is -2.47. The zero-order valence-corrected chi connectivity index (χ0v) is 17.6. The van der Waals surface area contributed by atoms with Gasteiger partial charge in [-0.3, -0.25) is 0 Å². The predicted molar refractivity (Wildman–Crippen MR) is 99.8 cm³/mol. The van der Waals surface area contributed by atoms with Crippen LogP contribution in [0.25, 0.3) is 0 Å². The summed E-state index contributed by atoms with van der Waals surface area (Å²) in [5.41, 5.74) is 0. The molecule has 3 saturated heterocycles. The van der Waals surface area contributed by atoms with Crippen LogP contribution >= 0.6 is 0 Å². The van der Waals surface area contributed by atoms with Crippen molar-refractivity contribution in [1.29, 1.82) is 0 Å². The summed E-state index contributed by atoms with van der Waals surface area (Å²) in [6.07, 6.45) is -23.7. The number of aliphatic hydroxyl groups excluding tert-OH is 10. The SMILES string of the molecule is C[C@@H]1O[C@H](O[C@H]2[C@H](O)[C@@H](O)[C@H](O[C@@H]3[C@H](O)[C@@H](O)[C@H](O)O[C@@H]3CO)O[C@@H]2CO)[C@H](O)[C@H](O)[C@H]1O. The first-order valence-electron chi connectivity index (χ1n) is 10.4. The second kappa shape index (κ2) is 11.0. The van der Waals surface area contributed by atoms with Gasteiger partial charge in [0.15, 0.2) is 18.9 Å². The monoisotopic (exact) mass is 488 g/mol. The highest BCUT2D eigenvalue weighted by Crippen LogP contribution is 2.32. The molecule has 0 aromatic heterocycles. The summed E-state index contributed by atoms with van der Waals surface area (Å²) in [5.74, 6) is 0. The molecule has 10 N–H and O–H groups in total. The molecule has 15 heteroatoms. The molecule has 0 saturated carbocycles. The first-order chi connectivity index (χ1) is 15.5. The Labute approximate surface area is 187 Å². The van der Waals surface area contributed by atoms with Gasteiger partial charge in [0.1, 0.15) is 67.1 Å². The average Bonchev–Trinajstić information content (AvgIpc) is 2.80. The molecule has 0 aliphatic carbocycles. The van der Waals surface area contributed by atoms with Crippen molar-refractivity contribution in [2.45, 2.75) is 99.0 Å². The van der Waals surface area contributed by atoms with Crippen LogP contribution in [0.4, 0.5) is 0 Å². The molecule has 0 unspecified atom stereocenters. The van der Waals surface area contributed by atoms with Crippen LogP contribution in [0.2, 0.25) is 0 Å². The fourth-order valence-corrected chi connectivity index (χ4v) is 4.00. The maximum absolute atomic E-state index is 10.6. The average molecular weight is 488 g/mol. The third-order valence-electron chi connectivity index (χ3n) is 6.05. The first kappa shape index (κ1) is 27.0. The molecule has 194 valence electrons. The van der Waals surface area contributed by atoms with Crippen molar-refractivity contribution in [1.82, 2.24) is 0 Å². The first-order valence-corrected chi connectivity index (χ1v) is 10.4. The van der Waals surface area contributed by atoms with Gasteiger partial charge < -0.3 is 74.7 Å². The molecule has 0 radical (unpaired) electrons. The highest BCUT2D eigenvalue weighted by Gasteiger charge is 2.52. The van der Waals surface area contributed by atoms with Gasteiger partial charge >= 0.3 is 0 Å². The minimum Gasteiger partial charge on any atom is -0.394 e. The van der Waals surface area contributed by atoms with Crippen LogP contribution < -0.4 is 0 Å². The van der Waals surface area contributed by atoms with Crippen molar-refractivity contribution in [2.24, 2.45) is 0 Å². The van der Waals surface area contributed by atoms with Gasteiger partial charge in [-0.25, -0.2) is 0 Å². The summed E-state index contributed by atoms with van der Waals surface area (Å²) >= 11 is 0. The maximum atomic E-state index is 10.6. The Hall–Kier alpha value is -0.600. The Morgan fingerprint density at radius 1 is 0.545 bits per heavy atom. The summed E-state index contributed by atoms with van der Waals surface area (Å²) in [6, 6.07) is 0. The van der Waals surface area contributed by atoms with E-state index in [1.807, 2.05) is 0 Å². The van der Waals surface area contributed by atoms with Crippen molar-refractivity contribution < 1.29 is 74.7 Å².